The van der Waals surface area contributed by atoms with Crippen molar-refractivity contribution in [3.05, 3.63) is 65.2 Å². The number of aliphatic hydroxyl groups excluding tert-OH is 1. The molecule has 0 aliphatic heterocycles. The average molecular weight is 256 g/mol. The molecular weight excluding hydrogens is 236 g/mol. The van der Waals surface area contributed by atoms with Crippen molar-refractivity contribution in [2.75, 3.05) is 7.11 Å². The van der Waals surface area contributed by atoms with Crippen LogP contribution in [0.5, 0.6) is 5.75 Å². The van der Waals surface area contributed by atoms with Crippen LogP contribution in [0.3, 0.4) is 0 Å². The Morgan fingerprint density at radius 2 is 1.74 bits per heavy atom. The monoisotopic (exact) mass is 256 g/mol. The lowest BCUT2D eigenvalue weighted by atomic mass is 9.98. The summed E-state index contributed by atoms with van der Waals surface area (Å²) in [4.78, 5) is 0. The number of aryl methyl sites for hydroxylation is 2. The quantitative estimate of drug-likeness (QED) is 0.884. The van der Waals surface area contributed by atoms with Gasteiger partial charge in [0.15, 0.2) is 0 Å². The van der Waals surface area contributed by atoms with Gasteiger partial charge in [-0.15, -0.1) is 0 Å². The van der Waals surface area contributed by atoms with Gasteiger partial charge in [-0.05, 0) is 37.0 Å². The molecule has 2 aromatic carbocycles. The van der Waals surface area contributed by atoms with Gasteiger partial charge in [0.05, 0.1) is 13.2 Å². The largest absolute Gasteiger partial charge is 0.496 e. The number of para-hydroxylation sites is 1. The number of benzene rings is 2. The minimum atomic E-state index is -0.490. The third-order valence-electron chi connectivity index (χ3n) is 3.45. The lowest BCUT2D eigenvalue weighted by Gasteiger charge is -2.15. The summed E-state index contributed by atoms with van der Waals surface area (Å²) in [5.74, 6) is 0.750. The summed E-state index contributed by atoms with van der Waals surface area (Å²) >= 11 is 0. The van der Waals surface area contributed by atoms with Gasteiger partial charge in [-0.2, -0.15) is 0 Å². The zero-order valence-corrected chi connectivity index (χ0v) is 11.5. The Labute approximate surface area is 114 Å². The van der Waals surface area contributed by atoms with Crippen LogP contribution >= 0.6 is 0 Å². The van der Waals surface area contributed by atoms with Crippen LogP contribution < -0.4 is 4.74 Å². The van der Waals surface area contributed by atoms with Crippen LogP contribution in [-0.2, 0) is 6.42 Å². The molecule has 0 aliphatic rings. The van der Waals surface area contributed by atoms with Crippen molar-refractivity contribution < 1.29 is 9.84 Å². The van der Waals surface area contributed by atoms with E-state index in [1.807, 2.05) is 36.4 Å². The lowest BCUT2D eigenvalue weighted by Crippen LogP contribution is -2.02. The molecular formula is C17H20O2. The molecule has 2 aromatic rings. The number of hydrogen-bond donors (Lipinski definition) is 1. The first-order valence-electron chi connectivity index (χ1n) is 6.58. The van der Waals surface area contributed by atoms with Crippen LogP contribution in [0.2, 0.25) is 0 Å². The second-order valence-electron chi connectivity index (χ2n) is 4.72. The molecule has 0 saturated carbocycles. The molecule has 2 heteroatoms. The van der Waals surface area contributed by atoms with E-state index in [-0.39, 0.29) is 0 Å². The van der Waals surface area contributed by atoms with E-state index in [1.54, 1.807) is 7.11 Å². The molecule has 0 radical (unpaired) electrons. The standard InChI is InChI=1S/C17H20O2/c1-13-7-3-4-8-14(13)11-12-16(18)15-9-5-6-10-17(15)19-2/h3-10,16,18H,11-12H2,1-2H3. The smallest absolute Gasteiger partial charge is 0.124 e. The molecule has 0 aromatic heterocycles. The molecule has 0 fully saturated rings. The van der Waals surface area contributed by atoms with E-state index in [2.05, 4.69) is 19.1 Å². The van der Waals surface area contributed by atoms with E-state index in [1.165, 1.54) is 11.1 Å². The molecule has 1 atom stereocenters. The highest BCUT2D eigenvalue weighted by Crippen LogP contribution is 2.28. The van der Waals surface area contributed by atoms with Gasteiger partial charge in [0, 0.05) is 5.56 Å². The maximum atomic E-state index is 10.3. The highest BCUT2D eigenvalue weighted by Gasteiger charge is 2.12. The summed E-state index contributed by atoms with van der Waals surface area (Å²) in [5.41, 5.74) is 3.42. The number of hydrogen-bond acceptors (Lipinski definition) is 2. The fraction of sp³-hybridized carbons (Fsp3) is 0.294. The van der Waals surface area contributed by atoms with Gasteiger partial charge in [-0.25, -0.2) is 0 Å². The highest BCUT2D eigenvalue weighted by molar-refractivity contribution is 5.35. The van der Waals surface area contributed by atoms with Crippen molar-refractivity contribution in [2.45, 2.75) is 25.9 Å². The molecule has 0 spiro atoms. The third-order valence-corrected chi connectivity index (χ3v) is 3.45. The summed E-state index contributed by atoms with van der Waals surface area (Å²) in [6, 6.07) is 15.9. The van der Waals surface area contributed by atoms with Crippen LogP contribution in [-0.4, -0.2) is 12.2 Å². The molecule has 1 unspecified atom stereocenters. The van der Waals surface area contributed by atoms with Gasteiger partial charge >= 0.3 is 0 Å². The molecule has 0 aliphatic carbocycles. The van der Waals surface area contributed by atoms with Crippen LogP contribution in [0, 0.1) is 6.92 Å². The topological polar surface area (TPSA) is 29.5 Å². The molecule has 19 heavy (non-hydrogen) atoms. The van der Waals surface area contributed by atoms with Gasteiger partial charge in [-0.3, -0.25) is 0 Å². The van der Waals surface area contributed by atoms with Gasteiger partial charge in [0.25, 0.3) is 0 Å². The van der Waals surface area contributed by atoms with E-state index in [4.69, 9.17) is 4.74 Å². The highest BCUT2D eigenvalue weighted by atomic mass is 16.5. The van der Waals surface area contributed by atoms with E-state index in [0.717, 1.165) is 17.7 Å². The maximum Gasteiger partial charge on any atom is 0.124 e. The van der Waals surface area contributed by atoms with Crippen molar-refractivity contribution in [1.29, 1.82) is 0 Å². The fourth-order valence-electron chi connectivity index (χ4n) is 2.28. The van der Waals surface area contributed by atoms with Crippen molar-refractivity contribution in [2.24, 2.45) is 0 Å². The van der Waals surface area contributed by atoms with Crippen molar-refractivity contribution >= 4 is 0 Å². The predicted molar refractivity (Wildman–Crippen MR) is 77.5 cm³/mol. The Balaban J connectivity index is 2.05. The summed E-state index contributed by atoms with van der Waals surface area (Å²) in [6.07, 6.45) is 1.08. The average Bonchev–Trinajstić information content (AvgIpc) is 2.46. The van der Waals surface area contributed by atoms with E-state index >= 15 is 0 Å². The zero-order valence-electron chi connectivity index (χ0n) is 11.5. The number of rotatable bonds is 5. The molecule has 2 nitrogen and oxygen atoms in total. The van der Waals surface area contributed by atoms with Gasteiger partial charge in [0.2, 0.25) is 0 Å². The van der Waals surface area contributed by atoms with Crippen LogP contribution in [0.4, 0.5) is 0 Å². The van der Waals surface area contributed by atoms with Gasteiger partial charge in [-0.1, -0.05) is 42.5 Å². The number of ether oxygens (including phenoxy) is 1. The SMILES string of the molecule is COc1ccccc1C(O)CCc1ccccc1C. The number of methoxy groups -OCH3 is 1. The second kappa shape index (κ2) is 6.39. The Kier molecular flexibility index (Phi) is 4.58. The number of aliphatic hydroxyl groups is 1. The van der Waals surface area contributed by atoms with E-state index in [0.29, 0.717) is 6.42 Å². The van der Waals surface area contributed by atoms with Gasteiger partial charge in [0.1, 0.15) is 5.75 Å². The predicted octanol–water partition coefficient (Wildman–Crippen LogP) is 3.67. The first-order valence-corrected chi connectivity index (χ1v) is 6.58. The Morgan fingerprint density at radius 3 is 2.47 bits per heavy atom. The normalized spacial score (nSPS) is 12.2. The summed E-state index contributed by atoms with van der Waals surface area (Å²) in [6.45, 7) is 2.10. The Hall–Kier alpha value is -1.80. The summed E-state index contributed by atoms with van der Waals surface area (Å²) in [5, 5.41) is 10.3. The molecule has 0 saturated heterocycles. The van der Waals surface area contributed by atoms with E-state index < -0.39 is 6.10 Å². The molecule has 2 rings (SSSR count). The van der Waals surface area contributed by atoms with Crippen LogP contribution in [0.1, 0.15) is 29.2 Å². The second-order valence-corrected chi connectivity index (χ2v) is 4.72. The minimum Gasteiger partial charge on any atom is -0.496 e. The summed E-state index contributed by atoms with van der Waals surface area (Å²) in [7, 11) is 1.63. The molecule has 0 bridgehead atoms. The summed E-state index contributed by atoms with van der Waals surface area (Å²) < 4.78 is 5.28. The lowest BCUT2D eigenvalue weighted by molar-refractivity contribution is 0.163. The Morgan fingerprint density at radius 1 is 1.05 bits per heavy atom. The van der Waals surface area contributed by atoms with Crippen LogP contribution in [0.25, 0.3) is 0 Å². The van der Waals surface area contributed by atoms with Crippen molar-refractivity contribution in [3.8, 4) is 5.75 Å². The maximum absolute atomic E-state index is 10.3. The fourth-order valence-corrected chi connectivity index (χ4v) is 2.28. The minimum absolute atomic E-state index is 0.490. The first kappa shape index (κ1) is 13.6. The Bertz CT molecular complexity index is 534. The molecule has 0 heterocycles. The van der Waals surface area contributed by atoms with E-state index in [9.17, 15) is 5.11 Å². The molecule has 0 amide bonds. The van der Waals surface area contributed by atoms with Crippen LogP contribution in [0.15, 0.2) is 48.5 Å². The third kappa shape index (κ3) is 3.36. The molecule has 1 N–H and O–H groups in total. The molecule has 100 valence electrons. The van der Waals surface area contributed by atoms with Crippen molar-refractivity contribution in [1.82, 2.24) is 0 Å². The zero-order chi connectivity index (χ0) is 13.7. The first-order chi connectivity index (χ1) is 9.22. The van der Waals surface area contributed by atoms with Crippen molar-refractivity contribution in [3.63, 3.8) is 0 Å². The van der Waals surface area contributed by atoms with Gasteiger partial charge < -0.3 is 9.84 Å².